The van der Waals surface area contributed by atoms with Crippen LogP contribution < -0.4 is 5.32 Å². The normalized spacial score (nSPS) is 20.6. The first-order valence-corrected chi connectivity index (χ1v) is 9.48. The second-order valence-electron chi connectivity index (χ2n) is 8.43. The molecule has 154 valence electrons. The molecule has 1 aliphatic heterocycles. The van der Waals surface area contributed by atoms with Crippen molar-refractivity contribution in [3.05, 3.63) is 23.8 Å². The zero-order valence-corrected chi connectivity index (χ0v) is 16.9. The van der Waals surface area contributed by atoms with Gasteiger partial charge in [0.15, 0.2) is 5.82 Å². The minimum Gasteiger partial charge on any atom is -0.444 e. The van der Waals surface area contributed by atoms with E-state index in [0.717, 1.165) is 5.69 Å². The molecule has 3 heterocycles. The Hall–Kier alpha value is -2.45. The largest absolute Gasteiger partial charge is 0.444 e. The van der Waals surface area contributed by atoms with E-state index < -0.39 is 23.9 Å². The highest BCUT2D eigenvalue weighted by molar-refractivity contribution is 5.68. The Bertz CT molecular complexity index is 862. The number of aromatic nitrogens is 3. The van der Waals surface area contributed by atoms with E-state index in [2.05, 4.69) is 15.4 Å². The molecule has 2 aromatic heterocycles. The van der Waals surface area contributed by atoms with Crippen LogP contribution in [0.1, 0.15) is 52.7 Å². The monoisotopic (exact) mass is 395 g/mol. The Labute approximate surface area is 163 Å². The number of carbonyl (C=O) groups is 1. The number of amides is 1. The van der Waals surface area contributed by atoms with Crippen LogP contribution in [-0.4, -0.2) is 56.5 Å². The third-order valence-electron chi connectivity index (χ3n) is 4.60. The summed E-state index contributed by atoms with van der Waals surface area (Å²) in [6, 6.07) is 0.898. The maximum atomic E-state index is 14.7. The van der Waals surface area contributed by atoms with Crippen molar-refractivity contribution in [3.63, 3.8) is 0 Å². The zero-order chi connectivity index (χ0) is 20.6. The molecule has 0 aromatic carbocycles. The Balaban J connectivity index is 1.69. The number of halogens is 2. The molecular formula is C19H27F2N5O2. The SMILES string of the molecule is CC(C)c1cc(F)c2cnc(N[C@@H]3CCN(C(=O)OC(C)(C)C)C[C@H]3F)nn12. The summed E-state index contributed by atoms with van der Waals surface area (Å²) in [6.45, 7) is 9.51. The smallest absolute Gasteiger partial charge is 0.410 e. The van der Waals surface area contributed by atoms with E-state index in [-0.39, 0.29) is 29.7 Å². The number of likely N-dealkylation sites (tertiary alicyclic amines) is 1. The average Bonchev–Trinajstić information content (AvgIpc) is 2.92. The summed E-state index contributed by atoms with van der Waals surface area (Å²) in [5.41, 5.74) is 0.377. The highest BCUT2D eigenvalue weighted by Gasteiger charge is 2.34. The number of carbonyl (C=O) groups excluding carboxylic acids is 1. The number of hydrogen-bond acceptors (Lipinski definition) is 5. The first-order valence-electron chi connectivity index (χ1n) is 9.48. The second kappa shape index (κ2) is 7.52. The van der Waals surface area contributed by atoms with E-state index in [0.29, 0.717) is 13.0 Å². The van der Waals surface area contributed by atoms with Crippen molar-refractivity contribution in [1.82, 2.24) is 19.5 Å². The number of rotatable bonds is 3. The minimum absolute atomic E-state index is 0.0653. The van der Waals surface area contributed by atoms with Crippen LogP contribution in [-0.2, 0) is 4.74 Å². The van der Waals surface area contributed by atoms with Gasteiger partial charge in [0.05, 0.1) is 18.8 Å². The zero-order valence-electron chi connectivity index (χ0n) is 16.9. The third kappa shape index (κ3) is 4.34. The summed E-state index contributed by atoms with van der Waals surface area (Å²) in [6.07, 6.45) is -0.0411. The number of anilines is 1. The minimum atomic E-state index is -1.30. The van der Waals surface area contributed by atoms with Crippen molar-refractivity contribution in [2.45, 2.75) is 64.8 Å². The van der Waals surface area contributed by atoms with Gasteiger partial charge < -0.3 is 15.0 Å². The van der Waals surface area contributed by atoms with Crippen molar-refractivity contribution < 1.29 is 18.3 Å². The fraction of sp³-hybridized carbons (Fsp3) is 0.632. The summed E-state index contributed by atoms with van der Waals surface area (Å²) in [4.78, 5) is 17.6. The Morgan fingerprint density at radius 2 is 2.11 bits per heavy atom. The Morgan fingerprint density at radius 1 is 1.39 bits per heavy atom. The van der Waals surface area contributed by atoms with Gasteiger partial charge in [-0.2, -0.15) is 0 Å². The summed E-state index contributed by atoms with van der Waals surface area (Å²) < 4.78 is 35.5. The predicted molar refractivity (Wildman–Crippen MR) is 102 cm³/mol. The van der Waals surface area contributed by atoms with E-state index in [1.165, 1.54) is 21.7 Å². The van der Waals surface area contributed by atoms with Gasteiger partial charge in [-0.05, 0) is 39.2 Å². The standard InChI is InChI=1S/C19H27F2N5O2/c1-11(2)15-8-12(20)16-9-22-17(24-26(15)16)23-14-6-7-25(10-13(14)21)18(27)28-19(3,4)5/h8-9,11,13-14H,6-7,10H2,1-5H3,(H,23,24)/t13-,14-/m1/s1. The number of hydrogen-bond donors (Lipinski definition) is 1. The molecule has 0 saturated carbocycles. The molecule has 1 fully saturated rings. The van der Waals surface area contributed by atoms with E-state index in [1.807, 2.05) is 13.8 Å². The molecule has 1 saturated heterocycles. The first kappa shape index (κ1) is 20.3. The highest BCUT2D eigenvalue weighted by atomic mass is 19.1. The van der Waals surface area contributed by atoms with Crippen molar-refractivity contribution in [2.24, 2.45) is 0 Å². The molecule has 0 radical (unpaired) electrons. The molecule has 0 aliphatic carbocycles. The quantitative estimate of drug-likeness (QED) is 0.857. The number of nitrogens with one attached hydrogen (secondary N) is 1. The molecule has 1 amide bonds. The van der Waals surface area contributed by atoms with E-state index in [4.69, 9.17) is 4.74 Å². The molecule has 1 N–H and O–H groups in total. The van der Waals surface area contributed by atoms with Gasteiger partial charge in [-0.25, -0.2) is 23.1 Å². The summed E-state index contributed by atoms with van der Waals surface area (Å²) in [5, 5.41) is 7.32. The van der Waals surface area contributed by atoms with Crippen LogP contribution in [0.3, 0.4) is 0 Å². The maximum absolute atomic E-state index is 14.7. The molecule has 2 atom stereocenters. The van der Waals surface area contributed by atoms with Gasteiger partial charge >= 0.3 is 6.09 Å². The molecule has 0 bridgehead atoms. The molecule has 0 unspecified atom stereocenters. The number of nitrogens with zero attached hydrogens (tertiary/aromatic N) is 4. The topological polar surface area (TPSA) is 71.8 Å². The van der Waals surface area contributed by atoms with Crippen LogP contribution in [0.5, 0.6) is 0 Å². The van der Waals surface area contributed by atoms with Crippen molar-refractivity contribution in [2.75, 3.05) is 18.4 Å². The molecule has 0 spiro atoms. The van der Waals surface area contributed by atoms with Crippen LogP contribution in [0.25, 0.3) is 5.52 Å². The van der Waals surface area contributed by atoms with Gasteiger partial charge in [-0.15, -0.1) is 5.10 Å². The fourth-order valence-corrected chi connectivity index (χ4v) is 3.18. The molecule has 7 nitrogen and oxygen atoms in total. The van der Waals surface area contributed by atoms with Crippen LogP contribution in [0, 0.1) is 5.82 Å². The molecule has 1 aliphatic rings. The summed E-state index contributed by atoms with van der Waals surface area (Å²) in [5.74, 6) is -0.0848. The van der Waals surface area contributed by atoms with Crippen LogP contribution in [0.2, 0.25) is 0 Å². The second-order valence-corrected chi connectivity index (χ2v) is 8.43. The van der Waals surface area contributed by atoms with Gasteiger partial charge in [0, 0.05) is 12.2 Å². The average molecular weight is 395 g/mol. The lowest BCUT2D eigenvalue weighted by atomic mass is 10.0. The fourth-order valence-electron chi connectivity index (χ4n) is 3.18. The summed E-state index contributed by atoms with van der Waals surface area (Å²) >= 11 is 0. The Morgan fingerprint density at radius 3 is 2.71 bits per heavy atom. The number of fused-ring (bicyclic) bond motifs is 1. The maximum Gasteiger partial charge on any atom is 0.410 e. The van der Waals surface area contributed by atoms with Gasteiger partial charge in [0.25, 0.3) is 0 Å². The molecule has 9 heteroatoms. The van der Waals surface area contributed by atoms with Crippen molar-refractivity contribution >= 4 is 17.6 Å². The summed E-state index contributed by atoms with van der Waals surface area (Å²) in [7, 11) is 0. The lowest BCUT2D eigenvalue weighted by Gasteiger charge is -2.35. The van der Waals surface area contributed by atoms with E-state index >= 15 is 0 Å². The van der Waals surface area contributed by atoms with Gasteiger partial charge in [-0.3, -0.25) is 0 Å². The lowest BCUT2D eigenvalue weighted by molar-refractivity contribution is 0.0125. The highest BCUT2D eigenvalue weighted by Crippen LogP contribution is 2.23. The third-order valence-corrected chi connectivity index (χ3v) is 4.60. The lowest BCUT2D eigenvalue weighted by Crippen LogP contribution is -2.51. The van der Waals surface area contributed by atoms with E-state index in [9.17, 15) is 13.6 Å². The number of alkyl halides is 1. The van der Waals surface area contributed by atoms with Gasteiger partial charge in [0.1, 0.15) is 17.3 Å². The van der Waals surface area contributed by atoms with Crippen molar-refractivity contribution in [1.29, 1.82) is 0 Å². The number of ether oxygens (including phenoxy) is 1. The predicted octanol–water partition coefficient (Wildman–Crippen LogP) is 3.75. The van der Waals surface area contributed by atoms with Crippen LogP contribution in [0.15, 0.2) is 12.3 Å². The molecule has 3 rings (SSSR count). The van der Waals surface area contributed by atoms with Crippen LogP contribution in [0.4, 0.5) is 19.5 Å². The molecule has 28 heavy (non-hydrogen) atoms. The molecule has 2 aromatic rings. The Kier molecular flexibility index (Phi) is 5.45. The van der Waals surface area contributed by atoms with Crippen molar-refractivity contribution in [3.8, 4) is 0 Å². The first-order chi connectivity index (χ1) is 13.0. The number of piperidine rings is 1. The van der Waals surface area contributed by atoms with E-state index in [1.54, 1.807) is 20.8 Å². The van der Waals surface area contributed by atoms with Gasteiger partial charge in [-0.1, -0.05) is 13.8 Å². The molecular weight excluding hydrogens is 368 g/mol. The van der Waals surface area contributed by atoms with Gasteiger partial charge in [0.2, 0.25) is 5.95 Å². The van der Waals surface area contributed by atoms with Crippen LogP contribution >= 0.6 is 0 Å².